The highest BCUT2D eigenvalue weighted by molar-refractivity contribution is 6.31. The van der Waals surface area contributed by atoms with Gasteiger partial charge in [-0.25, -0.2) is 0 Å². The highest BCUT2D eigenvalue weighted by Crippen LogP contribution is 2.24. The first-order chi connectivity index (χ1) is 7.72. The van der Waals surface area contributed by atoms with Crippen molar-refractivity contribution in [3.63, 3.8) is 0 Å². The van der Waals surface area contributed by atoms with Crippen molar-refractivity contribution >= 4 is 11.6 Å². The Bertz CT molecular complexity index is 467. The van der Waals surface area contributed by atoms with Gasteiger partial charge in [-0.1, -0.05) is 23.7 Å². The molecule has 0 saturated carbocycles. The van der Waals surface area contributed by atoms with Crippen LogP contribution in [0.1, 0.15) is 22.9 Å². The maximum atomic E-state index is 6.10. The SMILES string of the molecule is CNC(c1ccc(C)c(Cl)c1)c1cn[nH]n1. The minimum atomic E-state index is 0.0110. The molecule has 4 nitrogen and oxygen atoms in total. The molecule has 0 aliphatic heterocycles. The van der Waals surface area contributed by atoms with E-state index in [1.165, 1.54) is 0 Å². The van der Waals surface area contributed by atoms with Gasteiger partial charge in [0, 0.05) is 5.02 Å². The molecule has 0 fully saturated rings. The Hall–Kier alpha value is -1.39. The summed E-state index contributed by atoms with van der Waals surface area (Å²) in [6.45, 7) is 1.98. The van der Waals surface area contributed by atoms with Crippen LogP contribution in [-0.4, -0.2) is 22.5 Å². The van der Waals surface area contributed by atoms with Crippen molar-refractivity contribution in [2.24, 2.45) is 0 Å². The van der Waals surface area contributed by atoms with E-state index in [0.29, 0.717) is 0 Å². The molecule has 0 spiro atoms. The van der Waals surface area contributed by atoms with E-state index in [1.54, 1.807) is 6.20 Å². The molecule has 0 radical (unpaired) electrons. The zero-order chi connectivity index (χ0) is 11.5. The first kappa shape index (κ1) is 11.1. The molecule has 2 rings (SSSR count). The van der Waals surface area contributed by atoms with Crippen LogP contribution in [0.25, 0.3) is 0 Å². The molecule has 2 aromatic rings. The molecule has 1 aromatic heterocycles. The second-order valence-electron chi connectivity index (χ2n) is 3.63. The summed E-state index contributed by atoms with van der Waals surface area (Å²) in [6, 6.07) is 6.00. The molecule has 5 heteroatoms. The average Bonchev–Trinajstić information content (AvgIpc) is 2.78. The molecule has 84 valence electrons. The third kappa shape index (κ3) is 2.08. The van der Waals surface area contributed by atoms with Crippen molar-refractivity contribution in [2.45, 2.75) is 13.0 Å². The Morgan fingerprint density at radius 2 is 2.25 bits per heavy atom. The first-order valence-electron chi connectivity index (χ1n) is 5.01. The summed E-state index contributed by atoms with van der Waals surface area (Å²) in [7, 11) is 1.88. The number of nitrogens with zero attached hydrogens (tertiary/aromatic N) is 2. The number of hydrogen-bond acceptors (Lipinski definition) is 3. The van der Waals surface area contributed by atoms with Crippen molar-refractivity contribution in [2.75, 3.05) is 7.05 Å². The van der Waals surface area contributed by atoms with E-state index >= 15 is 0 Å². The predicted molar refractivity (Wildman–Crippen MR) is 63.5 cm³/mol. The highest BCUT2D eigenvalue weighted by Gasteiger charge is 2.15. The van der Waals surface area contributed by atoms with Gasteiger partial charge >= 0.3 is 0 Å². The number of rotatable bonds is 3. The molecule has 1 unspecified atom stereocenters. The number of aromatic nitrogens is 3. The molecule has 1 atom stereocenters. The summed E-state index contributed by atoms with van der Waals surface area (Å²) < 4.78 is 0. The monoisotopic (exact) mass is 236 g/mol. The minimum Gasteiger partial charge on any atom is -0.308 e. The average molecular weight is 237 g/mol. The Morgan fingerprint density at radius 1 is 1.44 bits per heavy atom. The fraction of sp³-hybridized carbons (Fsp3) is 0.273. The van der Waals surface area contributed by atoms with Crippen LogP contribution < -0.4 is 5.32 Å². The van der Waals surface area contributed by atoms with Crippen LogP contribution >= 0.6 is 11.6 Å². The van der Waals surface area contributed by atoms with E-state index in [4.69, 9.17) is 11.6 Å². The van der Waals surface area contributed by atoms with Crippen molar-refractivity contribution in [1.29, 1.82) is 0 Å². The minimum absolute atomic E-state index is 0.0110. The van der Waals surface area contributed by atoms with Crippen LogP contribution in [0.15, 0.2) is 24.4 Å². The summed E-state index contributed by atoms with van der Waals surface area (Å²) in [4.78, 5) is 0. The van der Waals surface area contributed by atoms with Crippen molar-refractivity contribution in [1.82, 2.24) is 20.7 Å². The number of H-pyrrole nitrogens is 1. The maximum absolute atomic E-state index is 6.10. The lowest BCUT2D eigenvalue weighted by atomic mass is 10.0. The normalized spacial score (nSPS) is 12.7. The lowest BCUT2D eigenvalue weighted by molar-refractivity contribution is 0.667. The summed E-state index contributed by atoms with van der Waals surface area (Å²) in [5, 5.41) is 14.4. The van der Waals surface area contributed by atoms with Gasteiger partial charge in [-0.2, -0.15) is 15.4 Å². The van der Waals surface area contributed by atoms with Gasteiger partial charge < -0.3 is 5.32 Å². The Kier molecular flexibility index (Phi) is 3.22. The van der Waals surface area contributed by atoms with Crippen LogP contribution in [-0.2, 0) is 0 Å². The lowest BCUT2D eigenvalue weighted by Gasteiger charge is -2.14. The predicted octanol–water partition coefficient (Wildman–Crippen LogP) is 2.08. The van der Waals surface area contributed by atoms with Crippen LogP contribution in [0.2, 0.25) is 5.02 Å². The number of aromatic amines is 1. The largest absolute Gasteiger partial charge is 0.308 e. The Morgan fingerprint density at radius 3 is 2.81 bits per heavy atom. The molecule has 0 bridgehead atoms. The Balaban J connectivity index is 2.37. The van der Waals surface area contributed by atoms with Gasteiger partial charge in [-0.05, 0) is 31.2 Å². The second-order valence-corrected chi connectivity index (χ2v) is 4.03. The first-order valence-corrected chi connectivity index (χ1v) is 5.39. The van der Waals surface area contributed by atoms with Gasteiger partial charge in [-0.3, -0.25) is 0 Å². The van der Waals surface area contributed by atoms with Crippen LogP contribution in [0.5, 0.6) is 0 Å². The molecule has 16 heavy (non-hydrogen) atoms. The third-order valence-electron chi connectivity index (χ3n) is 2.55. The van der Waals surface area contributed by atoms with Crippen LogP contribution in [0.3, 0.4) is 0 Å². The van der Waals surface area contributed by atoms with E-state index in [1.807, 2.05) is 32.2 Å². The van der Waals surface area contributed by atoms with Gasteiger partial charge in [0.05, 0.1) is 12.2 Å². The molecule has 0 aliphatic carbocycles. The summed E-state index contributed by atoms with van der Waals surface area (Å²) in [5.41, 5.74) is 3.00. The molecular weight excluding hydrogens is 224 g/mol. The maximum Gasteiger partial charge on any atom is 0.104 e. The van der Waals surface area contributed by atoms with Crippen molar-refractivity contribution in [3.8, 4) is 0 Å². The molecule has 0 amide bonds. The number of nitrogens with one attached hydrogen (secondary N) is 2. The summed E-state index contributed by atoms with van der Waals surface area (Å²) in [6.07, 6.45) is 1.70. The fourth-order valence-electron chi connectivity index (χ4n) is 1.62. The van der Waals surface area contributed by atoms with E-state index in [-0.39, 0.29) is 6.04 Å². The van der Waals surface area contributed by atoms with E-state index in [9.17, 15) is 0 Å². The second kappa shape index (κ2) is 4.63. The number of hydrogen-bond donors (Lipinski definition) is 2. The molecule has 1 heterocycles. The standard InChI is InChI=1S/C11H13ClN4/c1-7-3-4-8(5-9(7)12)11(13-2)10-6-14-16-15-10/h3-6,11,13H,1-2H3,(H,14,15,16). The lowest BCUT2D eigenvalue weighted by Crippen LogP contribution is -2.18. The van der Waals surface area contributed by atoms with Crippen molar-refractivity contribution < 1.29 is 0 Å². The van der Waals surface area contributed by atoms with Gasteiger partial charge in [0.1, 0.15) is 5.69 Å². The van der Waals surface area contributed by atoms with Gasteiger partial charge in [0.2, 0.25) is 0 Å². The molecular formula is C11H13ClN4. The van der Waals surface area contributed by atoms with E-state index < -0.39 is 0 Å². The molecule has 2 N–H and O–H groups in total. The molecule has 0 aliphatic rings. The number of aryl methyl sites for hydroxylation is 1. The summed E-state index contributed by atoms with van der Waals surface area (Å²) in [5.74, 6) is 0. The zero-order valence-corrected chi connectivity index (χ0v) is 9.92. The fourth-order valence-corrected chi connectivity index (χ4v) is 1.81. The van der Waals surface area contributed by atoms with E-state index in [2.05, 4.69) is 20.7 Å². The zero-order valence-electron chi connectivity index (χ0n) is 9.16. The summed E-state index contributed by atoms with van der Waals surface area (Å²) >= 11 is 6.10. The Labute approximate surface area is 99.0 Å². The van der Waals surface area contributed by atoms with Gasteiger partial charge in [0.15, 0.2) is 0 Å². The quantitative estimate of drug-likeness (QED) is 0.858. The van der Waals surface area contributed by atoms with Crippen LogP contribution in [0.4, 0.5) is 0 Å². The molecule has 0 saturated heterocycles. The topological polar surface area (TPSA) is 53.6 Å². The number of benzene rings is 1. The van der Waals surface area contributed by atoms with Gasteiger partial charge in [-0.15, -0.1) is 0 Å². The van der Waals surface area contributed by atoms with Crippen LogP contribution in [0, 0.1) is 6.92 Å². The van der Waals surface area contributed by atoms with Crippen molar-refractivity contribution in [3.05, 3.63) is 46.2 Å². The third-order valence-corrected chi connectivity index (χ3v) is 2.95. The van der Waals surface area contributed by atoms with E-state index in [0.717, 1.165) is 21.8 Å². The highest BCUT2D eigenvalue weighted by atomic mass is 35.5. The van der Waals surface area contributed by atoms with Gasteiger partial charge in [0.25, 0.3) is 0 Å². The molecule has 1 aromatic carbocycles. The smallest absolute Gasteiger partial charge is 0.104 e. The number of halogens is 1.